The summed E-state index contributed by atoms with van der Waals surface area (Å²) in [6, 6.07) is 27.7. The average molecular weight is 1650 g/mol. The maximum absolute atomic E-state index is 11.4. The summed E-state index contributed by atoms with van der Waals surface area (Å²) in [5.74, 6) is -11.6. The van der Waals surface area contributed by atoms with Crippen molar-refractivity contribution >= 4 is 154 Å². The van der Waals surface area contributed by atoms with Crippen LogP contribution in [0.4, 0.5) is 4.79 Å². The second kappa shape index (κ2) is 42.4. The van der Waals surface area contributed by atoms with Crippen LogP contribution in [0.25, 0.3) is 10.8 Å². The molecule has 5 aromatic carbocycles. The van der Waals surface area contributed by atoms with Crippen LogP contribution in [0.15, 0.2) is 133 Å². The van der Waals surface area contributed by atoms with Crippen LogP contribution < -0.4 is 5.32 Å². The van der Waals surface area contributed by atoms with Crippen LogP contribution in [0.1, 0.15) is 173 Å². The van der Waals surface area contributed by atoms with Crippen molar-refractivity contribution in [3.63, 3.8) is 0 Å². The van der Waals surface area contributed by atoms with Gasteiger partial charge in [0.15, 0.2) is 0 Å². The topological polar surface area (TPSA) is 542 Å². The lowest BCUT2D eigenvalue weighted by atomic mass is 9.81. The molecule has 4 atom stereocenters. The molecule has 6 saturated heterocycles. The van der Waals surface area contributed by atoms with Crippen molar-refractivity contribution in [1.82, 2.24) is 5.32 Å². The quantitative estimate of drug-likeness (QED) is 0.0843. The fraction of sp³-hybridized carbons (Fsp3) is 0.284. The zero-order valence-corrected chi connectivity index (χ0v) is 62.9. The number of cyclic esters (lactones) is 24. The Kier molecular flexibility index (Phi) is 31.9. The molecule has 1 N–H and O–H groups in total. The summed E-state index contributed by atoms with van der Waals surface area (Å²) in [4.78, 5) is 254. The van der Waals surface area contributed by atoms with Crippen molar-refractivity contribution in [2.45, 2.75) is 104 Å². The van der Waals surface area contributed by atoms with Gasteiger partial charge in [0, 0.05) is 48.6 Å². The van der Waals surface area contributed by atoms with Crippen LogP contribution >= 0.6 is 0 Å². The molecule has 38 heteroatoms. The van der Waals surface area contributed by atoms with Gasteiger partial charge in [0.25, 0.3) is 0 Å². The number of rotatable bonds is 0. The third-order valence-electron chi connectivity index (χ3n) is 17.5. The minimum absolute atomic E-state index is 0.101. The first kappa shape index (κ1) is 89.6. The van der Waals surface area contributed by atoms with Gasteiger partial charge in [-0.15, -0.1) is 0 Å². The Bertz CT molecular complexity index is 4870. The number of hydrogen-bond donors (Lipinski definition) is 1. The highest BCUT2D eigenvalue weighted by Crippen LogP contribution is 2.37. The van der Waals surface area contributed by atoms with Gasteiger partial charge < -0.3 is 66.9 Å². The zero-order chi connectivity index (χ0) is 86.7. The number of alkyl carbamates (subject to hydrolysis) is 1. The summed E-state index contributed by atoms with van der Waals surface area (Å²) in [7, 11) is 0. The van der Waals surface area contributed by atoms with Crippen molar-refractivity contribution in [3.8, 4) is 0 Å². The van der Waals surface area contributed by atoms with Crippen molar-refractivity contribution in [3.05, 3.63) is 189 Å². The van der Waals surface area contributed by atoms with Crippen LogP contribution in [0.2, 0.25) is 0 Å². The number of hydrogen-bond acceptors (Lipinski definition) is 37. The summed E-state index contributed by atoms with van der Waals surface area (Å²) in [6.45, 7) is 5.30. The molecule has 5 aromatic rings. The second-order valence-electron chi connectivity index (χ2n) is 25.9. The molecule has 0 radical (unpaired) electrons. The number of fused-ring (bicyclic) bond motifs is 5. The molecule has 2 aliphatic carbocycles. The number of aryl methyl sites for hydroxylation is 2. The van der Waals surface area contributed by atoms with Crippen LogP contribution in [0, 0.1) is 37.5 Å². The smallest absolute Gasteiger partial charge is 0.393 e. The molecule has 1 saturated carbocycles. The Hall–Kier alpha value is -15.0. The average Bonchev–Trinajstić information content (AvgIpc) is 1.59. The van der Waals surface area contributed by atoms with E-state index in [0.29, 0.717) is 88.6 Å². The minimum atomic E-state index is -0.638. The number of ether oxygens (including phenoxy) is 13. The van der Waals surface area contributed by atoms with Crippen LogP contribution in [0.3, 0.4) is 0 Å². The Morgan fingerprint density at radius 1 is 0.319 bits per heavy atom. The number of benzene rings is 5. The second-order valence-corrected chi connectivity index (χ2v) is 25.9. The van der Waals surface area contributed by atoms with E-state index in [1.807, 2.05) is 36.4 Å². The van der Waals surface area contributed by atoms with Crippen LogP contribution in [0.5, 0.6) is 0 Å². The predicted molar refractivity (Wildman–Crippen MR) is 386 cm³/mol. The van der Waals surface area contributed by atoms with E-state index >= 15 is 0 Å². The first-order chi connectivity index (χ1) is 56.7. The molecule has 0 bridgehead atoms. The SMILES string of the molecule is CC1=CC(=O)OC1=O.Cc1ccc(C)c2c1C(=O)OC2=O.O=C1C=CC(=O)O1.O=C1CCC(=O)O1.O=C1CCCC(=O)O1.O=C1CCNC(=O)O1.O=C1COCC(=O)O1.O=C1Cc2ccccc2C(=O)O1.O=C1OC(=O)C2CC=CCC12.O=C1OC(=O)C2CCCCC12.O=C1OC(=O)c2cccc3cccc1c23.O=C1OC(=O)c2ccccc21. The number of nitrogens with one attached hydrogen (secondary N) is 1. The molecule has 0 spiro atoms. The van der Waals surface area contributed by atoms with Gasteiger partial charge in [-0.25, -0.2) is 67.1 Å². The zero-order valence-electron chi connectivity index (χ0n) is 62.9. The highest BCUT2D eigenvalue weighted by molar-refractivity contribution is 6.21. The van der Waals surface area contributed by atoms with Gasteiger partial charge in [-0.2, -0.15) is 0 Å². The van der Waals surface area contributed by atoms with E-state index in [1.165, 1.54) is 13.0 Å². The molecule has 618 valence electrons. The molecule has 19 rings (SSSR count). The minimum Gasteiger partial charge on any atom is -0.393 e. The van der Waals surface area contributed by atoms with Gasteiger partial charge in [-0.1, -0.05) is 91.7 Å². The lowest BCUT2D eigenvalue weighted by molar-refractivity contribution is -0.175. The molecule has 119 heavy (non-hydrogen) atoms. The normalized spacial score (nSPS) is 20.4. The van der Waals surface area contributed by atoms with Crippen molar-refractivity contribution in [2.24, 2.45) is 23.7 Å². The van der Waals surface area contributed by atoms with Crippen molar-refractivity contribution in [1.29, 1.82) is 0 Å². The van der Waals surface area contributed by atoms with Gasteiger partial charge in [-0.05, 0) is 105 Å². The van der Waals surface area contributed by atoms with E-state index in [2.05, 4.69) is 66.9 Å². The molecule has 14 aliphatic rings. The first-order valence-electron chi connectivity index (χ1n) is 35.8. The number of amides is 1. The van der Waals surface area contributed by atoms with E-state index < -0.39 is 108 Å². The summed E-state index contributed by atoms with van der Waals surface area (Å²) in [5, 5.41) is 3.91. The van der Waals surface area contributed by atoms with Crippen LogP contribution in [-0.2, 0) is 145 Å². The molecule has 12 aliphatic heterocycles. The number of carbonyl (C=O) groups excluding carboxylic acids is 24. The fourth-order valence-corrected chi connectivity index (χ4v) is 11.8. The third-order valence-corrected chi connectivity index (χ3v) is 17.5. The summed E-state index contributed by atoms with van der Waals surface area (Å²) in [5.41, 5.74) is 5.68. The highest BCUT2D eigenvalue weighted by atomic mass is 16.7. The maximum Gasteiger partial charge on any atom is 0.414 e. The summed E-state index contributed by atoms with van der Waals surface area (Å²) >= 11 is 0. The Balaban J connectivity index is 0.000000163. The molecular formula is C81H67NO37. The van der Waals surface area contributed by atoms with E-state index in [0.717, 1.165) is 59.9 Å². The van der Waals surface area contributed by atoms with Gasteiger partial charge in [0.1, 0.15) is 13.2 Å². The molecule has 12 heterocycles. The largest absolute Gasteiger partial charge is 0.414 e. The maximum atomic E-state index is 11.4. The van der Waals surface area contributed by atoms with Gasteiger partial charge in [0.2, 0.25) is 0 Å². The molecule has 1 amide bonds. The Morgan fingerprint density at radius 3 is 1.10 bits per heavy atom. The molecule has 0 aromatic heterocycles. The number of allylic oxidation sites excluding steroid dienone is 2. The molecule has 7 fully saturated rings. The lowest BCUT2D eigenvalue weighted by Gasteiger charge is -2.18. The first-order valence-corrected chi connectivity index (χ1v) is 35.8. The van der Waals surface area contributed by atoms with Gasteiger partial charge in [-0.3, -0.25) is 47.9 Å². The van der Waals surface area contributed by atoms with Gasteiger partial charge in [0.05, 0.1) is 88.3 Å². The molecule has 38 nitrogen and oxygen atoms in total. The fourth-order valence-electron chi connectivity index (χ4n) is 11.8. The monoisotopic (exact) mass is 1650 g/mol. The van der Waals surface area contributed by atoms with E-state index in [9.17, 15) is 115 Å². The molecule has 4 unspecified atom stereocenters. The Morgan fingerprint density at radius 2 is 0.731 bits per heavy atom. The van der Waals surface area contributed by atoms with Crippen LogP contribution in [-0.4, -0.2) is 163 Å². The standard InChI is InChI=1S/C12H6O3.C10H8O3.C9H6O3.C8H10O3.C8H8O3.C8H4O3.C5H4O3.C5H6O3.C4H5NO3.C4H4O4.C4H4O3.C4H2O3/c13-11-8-5-1-3-7-4-2-6-9(10(7)8)12(14)15-11;1-5-3-4-6(2)8-7(5)9(11)13-10(8)12;10-8-5-6-3-1-2-4-7(6)9(11)12-8;3*9-7-5-3-1-2-4-6(5)8(10)11-7;1-3-2-4(6)8-5(3)7;6-4-2-1-3-5(7)8-4;6-3-1-2-5-4(7)8-3;5-3-1-7-2-4(6)8-3;2*5-3-1-2-4(6)7-3/h1-6H;3-4H,1-2H3;1-4H,5H2;5-6H,1-4H2;1-2,5-6H,3-4H2;1-4H;2H,1H3;1-3H2;1-2H2,(H,5,7);1-2H2;1-2H2;1-2H. The third kappa shape index (κ3) is 25.8. The number of carbonyl (C=O) groups is 24. The summed E-state index contributed by atoms with van der Waals surface area (Å²) in [6.07, 6.45) is 14.1. The van der Waals surface area contributed by atoms with E-state index in [4.69, 9.17) is 0 Å². The van der Waals surface area contributed by atoms with Crippen molar-refractivity contribution < 1.29 is 177 Å². The lowest BCUT2D eigenvalue weighted by Crippen LogP contribution is -2.34. The van der Waals surface area contributed by atoms with E-state index in [1.54, 1.807) is 86.6 Å². The van der Waals surface area contributed by atoms with E-state index in [-0.39, 0.29) is 98.4 Å². The predicted octanol–water partition coefficient (Wildman–Crippen LogP) is 5.68. The van der Waals surface area contributed by atoms with Gasteiger partial charge >= 0.3 is 143 Å². The number of esters is 23. The highest BCUT2D eigenvalue weighted by Gasteiger charge is 2.46. The summed E-state index contributed by atoms with van der Waals surface area (Å²) < 4.78 is 56.0. The Labute approximate surface area is 669 Å². The van der Waals surface area contributed by atoms with Crippen molar-refractivity contribution in [2.75, 3.05) is 19.8 Å². The molecular weight excluding hydrogens is 1580 g/mol.